The smallest absolute Gasteiger partial charge is 0.0113 e. The number of hydrogen-bond acceptors (Lipinski definition) is 1. The lowest BCUT2D eigenvalue weighted by Crippen LogP contribution is -2.23. The average molecular weight is 543 g/mol. The van der Waals surface area contributed by atoms with Crippen LogP contribution in [0.15, 0.2) is 85.0 Å². The van der Waals surface area contributed by atoms with E-state index in [1.54, 1.807) is 0 Å². The standard InChI is InChI=1S/C39H42S/c1-3-5-8-18-35-33-20-12-13-21-34(33)36(19-9-6-4-2)38-28-32(25-26-37(35)38)39(40)22-14-15-29-23-24-30-16-10-7-11-17-31(30)27-29/h7,11-17,20-28,40H,3-6,8-10,18-19H2,1-2H3/b15-14+,39-22-. The highest BCUT2D eigenvalue weighted by atomic mass is 32.1. The molecule has 0 heterocycles. The number of rotatable bonds is 11. The van der Waals surface area contributed by atoms with E-state index in [1.807, 2.05) is 0 Å². The molecular formula is C39H42S. The van der Waals surface area contributed by atoms with Crippen molar-refractivity contribution in [1.82, 2.24) is 0 Å². The van der Waals surface area contributed by atoms with E-state index in [2.05, 4.69) is 117 Å². The second kappa shape index (κ2) is 13.9. The first-order valence-corrected chi connectivity index (χ1v) is 15.7. The van der Waals surface area contributed by atoms with Crippen LogP contribution in [0.3, 0.4) is 0 Å². The SMILES string of the molecule is CCCCCc1c2ccccc2c(CCCCC)c2cc(/C(S)=C/C=C/c3ccc4c(c3)=CC=CCC=4)ccc12. The van der Waals surface area contributed by atoms with Crippen LogP contribution in [0.25, 0.3) is 44.7 Å². The van der Waals surface area contributed by atoms with Crippen LogP contribution in [0.4, 0.5) is 0 Å². The molecule has 0 unspecified atom stereocenters. The van der Waals surface area contributed by atoms with Gasteiger partial charge in [-0.15, -0.1) is 12.6 Å². The normalized spacial score (nSPS) is 13.4. The Kier molecular flexibility index (Phi) is 9.79. The van der Waals surface area contributed by atoms with E-state index in [0.29, 0.717) is 0 Å². The predicted octanol–water partition coefficient (Wildman–Crippen LogP) is 9.96. The van der Waals surface area contributed by atoms with Gasteiger partial charge in [0.05, 0.1) is 0 Å². The Morgan fingerprint density at radius 1 is 0.750 bits per heavy atom. The number of thiol groups is 1. The average Bonchev–Trinajstić information content (AvgIpc) is 3.23. The third kappa shape index (κ3) is 6.53. The van der Waals surface area contributed by atoms with E-state index in [0.717, 1.165) is 24.2 Å². The third-order valence-electron chi connectivity index (χ3n) is 8.14. The molecule has 0 radical (unpaired) electrons. The van der Waals surface area contributed by atoms with Crippen molar-refractivity contribution in [3.8, 4) is 0 Å². The monoisotopic (exact) mass is 542 g/mol. The maximum absolute atomic E-state index is 4.96. The molecule has 0 fully saturated rings. The van der Waals surface area contributed by atoms with E-state index in [-0.39, 0.29) is 0 Å². The molecule has 4 aromatic rings. The summed E-state index contributed by atoms with van der Waals surface area (Å²) >= 11 is 4.96. The molecule has 0 saturated carbocycles. The first-order chi connectivity index (χ1) is 19.7. The van der Waals surface area contributed by atoms with E-state index < -0.39 is 0 Å². The van der Waals surface area contributed by atoms with Crippen molar-refractivity contribution in [2.45, 2.75) is 71.6 Å². The first-order valence-electron chi connectivity index (χ1n) is 15.2. The van der Waals surface area contributed by atoms with Crippen molar-refractivity contribution in [1.29, 1.82) is 0 Å². The van der Waals surface area contributed by atoms with Gasteiger partial charge in [-0.1, -0.05) is 125 Å². The van der Waals surface area contributed by atoms with Gasteiger partial charge in [-0.25, -0.2) is 0 Å². The van der Waals surface area contributed by atoms with Crippen LogP contribution in [-0.2, 0) is 12.8 Å². The summed E-state index contributed by atoms with van der Waals surface area (Å²) in [5, 5.41) is 8.30. The highest BCUT2D eigenvalue weighted by molar-refractivity contribution is 7.90. The summed E-state index contributed by atoms with van der Waals surface area (Å²) in [4.78, 5) is 0.996. The van der Waals surface area contributed by atoms with Crippen molar-refractivity contribution in [3.63, 3.8) is 0 Å². The minimum absolute atomic E-state index is 0.993. The summed E-state index contributed by atoms with van der Waals surface area (Å²) in [5.41, 5.74) is 5.41. The van der Waals surface area contributed by atoms with Crippen LogP contribution >= 0.6 is 12.6 Å². The Morgan fingerprint density at radius 2 is 1.45 bits per heavy atom. The van der Waals surface area contributed by atoms with Gasteiger partial charge in [0.15, 0.2) is 0 Å². The maximum Gasteiger partial charge on any atom is 0.0113 e. The highest BCUT2D eigenvalue weighted by Gasteiger charge is 2.14. The Labute approximate surface area is 245 Å². The molecule has 0 nitrogen and oxygen atoms in total. The number of aryl methyl sites for hydroxylation is 2. The third-order valence-corrected chi connectivity index (χ3v) is 8.55. The maximum atomic E-state index is 4.96. The Hall–Kier alpha value is -3.29. The Morgan fingerprint density at radius 3 is 2.17 bits per heavy atom. The number of allylic oxidation sites excluding steroid dienone is 4. The lowest BCUT2D eigenvalue weighted by Gasteiger charge is -2.18. The van der Waals surface area contributed by atoms with Gasteiger partial charge in [0, 0.05) is 4.91 Å². The van der Waals surface area contributed by atoms with E-state index in [9.17, 15) is 0 Å². The van der Waals surface area contributed by atoms with Gasteiger partial charge in [-0.3, -0.25) is 0 Å². The summed E-state index contributed by atoms with van der Waals surface area (Å²) in [6.45, 7) is 4.57. The molecule has 1 aliphatic carbocycles. The highest BCUT2D eigenvalue weighted by Crippen LogP contribution is 2.37. The summed E-state index contributed by atoms with van der Waals surface area (Å²) in [6.07, 6.45) is 26.0. The molecule has 204 valence electrons. The summed E-state index contributed by atoms with van der Waals surface area (Å²) in [6, 6.07) is 22.8. The van der Waals surface area contributed by atoms with E-state index in [4.69, 9.17) is 12.6 Å². The van der Waals surface area contributed by atoms with Crippen LogP contribution in [0.1, 0.15) is 81.0 Å². The predicted molar refractivity (Wildman–Crippen MR) is 182 cm³/mol. The fourth-order valence-electron chi connectivity index (χ4n) is 5.98. The summed E-state index contributed by atoms with van der Waals surface area (Å²) in [7, 11) is 0. The van der Waals surface area contributed by atoms with Crippen LogP contribution in [0.2, 0.25) is 0 Å². The fraction of sp³-hybridized carbons (Fsp3) is 0.282. The van der Waals surface area contributed by atoms with Gasteiger partial charge in [0.1, 0.15) is 0 Å². The molecule has 0 N–H and O–H groups in total. The molecular weight excluding hydrogens is 500 g/mol. The lowest BCUT2D eigenvalue weighted by atomic mass is 9.86. The molecule has 0 spiro atoms. The van der Waals surface area contributed by atoms with Crippen molar-refractivity contribution in [2.24, 2.45) is 0 Å². The minimum Gasteiger partial charge on any atom is -0.143 e. The molecule has 40 heavy (non-hydrogen) atoms. The Balaban J connectivity index is 1.53. The number of benzene rings is 4. The number of fused-ring (bicyclic) bond motifs is 3. The van der Waals surface area contributed by atoms with E-state index in [1.165, 1.54) is 92.8 Å². The summed E-state index contributed by atoms with van der Waals surface area (Å²) < 4.78 is 0. The fourth-order valence-corrected chi connectivity index (χ4v) is 6.20. The molecule has 5 rings (SSSR count). The van der Waals surface area contributed by atoms with Gasteiger partial charge in [0.2, 0.25) is 0 Å². The van der Waals surface area contributed by atoms with Crippen LogP contribution in [-0.4, -0.2) is 0 Å². The van der Waals surface area contributed by atoms with Crippen LogP contribution in [0, 0.1) is 0 Å². The number of hydrogen-bond donors (Lipinski definition) is 1. The molecule has 0 atom stereocenters. The molecule has 0 amide bonds. The zero-order valence-electron chi connectivity index (χ0n) is 24.1. The molecule has 4 aromatic carbocycles. The van der Waals surface area contributed by atoms with Crippen LogP contribution in [0.5, 0.6) is 0 Å². The van der Waals surface area contributed by atoms with Crippen molar-refractivity contribution < 1.29 is 0 Å². The molecule has 0 bridgehead atoms. The van der Waals surface area contributed by atoms with Crippen molar-refractivity contribution >= 4 is 57.3 Å². The van der Waals surface area contributed by atoms with Gasteiger partial charge >= 0.3 is 0 Å². The second-order valence-electron chi connectivity index (χ2n) is 11.0. The van der Waals surface area contributed by atoms with Crippen molar-refractivity contribution in [3.05, 3.63) is 118 Å². The summed E-state index contributed by atoms with van der Waals surface area (Å²) in [5.74, 6) is 0. The number of unbranched alkanes of at least 4 members (excludes halogenated alkanes) is 4. The van der Waals surface area contributed by atoms with Gasteiger partial charge in [-0.05, 0) is 105 Å². The Bertz CT molecular complexity index is 1700. The zero-order valence-corrected chi connectivity index (χ0v) is 25.0. The van der Waals surface area contributed by atoms with Gasteiger partial charge in [-0.2, -0.15) is 0 Å². The van der Waals surface area contributed by atoms with E-state index >= 15 is 0 Å². The van der Waals surface area contributed by atoms with Crippen LogP contribution < -0.4 is 10.4 Å². The quantitative estimate of drug-likeness (QED) is 0.0829. The molecule has 1 aliphatic rings. The second-order valence-corrected chi connectivity index (χ2v) is 11.5. The molecule has 0 aromatic heterocycles. The zero-order chi connectivity index (χ0) is 27.7. The topological polar surface area (TPSA) is 0 Å². The first kappa shape index (κ1) is 28.2. The molecule has 0 saturated heterocycles. The van der Waals surface area contributed by atoms with Crippen molar-refractivity contribution in [2.75, 3.05) is 0 Å². The van der Waals surface area contributed by atoms with Gasteiger partial charge < -0.3 is 0 Å². The van der Waals surface area contributed by atoms with Gasteiger partial charge in [0.25, 0.3) is 0 Å². The largest absolute Gasteiger partial charge is 0.143 e. The minimum atomic E-state index is 0.993. The molecule has 1 heteroatoms. The molecule has 0 aliphatic heterocycles. The lowest BCUT2D eigenvalue weighted by molar-refractivity contribution is 0.719.